The van der Waals surface area contributed by atoms with Crippen molar-refractivity contribution in [3.63, 3.8) is 0 Å². The van der Waals surface area contributed by atoms with Gasteiger partial charge in [-0.1, -0.05) is 12.1 Å². The summed E-state index contributed by atoms with van der Waals surface area (Å²) in [5, 5.41) is 10.1. The highest BCUT2D eigenvalue weighted by Gasteiger charge is 2.27. The lowest BCUT2D eigenvalue weighted by atomic mass is 9.98. The molecule has 0 spiro atoms. The SMILES string of the molecule is CCOc1c(CNC(=O)N2CCC[C@H](c3n[nH]c(C)n3)C2)cccc1OC. The fraction of sp³-hybridized carbons (Fsp3) is 0.526. The number of H-pyrrole nitrogens is 1. The van der Waals surface area contributed by atoms with E-state index in [0.29, 0.717) is 31.2 Å². The maximum absolute atomic E-state index is 12.7. The molecule has 8 nitrogen and oxygen atoms in total. The Morgan fingerprint density at radius 3 is 3.00 bits per heavy atom. The monoisotopic (exact) mass is 373 g/mol. The maximum atomic E-state index is 12.7. The molecule has 2 N–H and O–H groups in total. The van der Waals surface area contributed by atoms with Crippen molar-refractivity contribution in [2.24, 2.45) is 0 Å². The first-order valence-corrected chi connectivity index (χ1v) is 9.32. The van der Waals surface area contributed by atoms with Crippen LogP contribution < -0.4 is 14.8 Å². The standard InChI is InChI=1S/C19H27N5O3/c1-4-27-17-14(7-5-9-16(17)26-3)11-20-19(25)24-10-6-8-15(12-24)18-21-13(2)22-23-18/h5,7,9,15H,4,6,8,10-12H2,1-3H3,(H,20,25)(H,21,22,23)/t15-/m0/s1. The van der Waals surface area contributed by atoms with Gasteiger partial charge in [-0.05, 0) is 32.8 Å². The maximum Gasteiger partial charge on any atom is 0.317 e. The number of aromatic amines is 1. The van der Waals surface area contributed by atoms with E-state index in [0.717, 1.165) is 36.6 Å². The minimum atomic E-state index is -0.0859. The number of methoxy groups -OCH3 is 1. The smallest absolute Gasteiger partial charge is 0.317 e. The first-order valence-electron chi connectivity index (χ1n) is 9.32. The summed E-state index contributed by atoms with van der Waals surface area (Å²) in [5.41, 5.74) is 0.891. The minimum absolute atomic E-state index is 0.0859. The summed E-state index contributed by atoms with van der Waals surface area (Å²) in [7, 11) is 1.61. The number of carbonyl (C=O) groups is 1. The van der Waals surface area contributed by atoms with Gasteiger partial charge in [0.2, 0.25) is 0 Å². The number of rotatable bonds is 6. The van der Waals surface area contributed by atoms with Crippen LogP contribution in [0.3, 0.4) is 0 Å². The second-order valence-electron chi connectivity index (χ2n) is 6.60. The highest BCUT2D eigenvalue weighted by Crippen LogP contribution is 2.31. The van der Waals surface area contributed by atoms with Crippen molar-refractivity contribution in [1.82, 2.24) is 25.4 Å². The molecule has 0 bridgehead atoms. The molecule has 2 heterocycles. The number of urea groups is 1. The fourth-order valence-electron chi connectivity index (χ4n) is 3.37. The van der Waals surface area contributed by atoms with Crippen LogP contribution in [0.4, 0.5) is 4.79 Å². The van der Waals surface area contributed by atoms with Gasteiger partial charge in [-0.15, -0.1) is 0 Å². The molecule has 8 heteroatoms. The third kappa shape index (κ3) is 4.50. The predicted octanol–water partition coefficient (Wildman–Crippen LogP) is 2.61. The van der Waals surface area contributed by atoms with Crippen LogP contribution in [0.25, 0.3) is 0 Å². The highest BCUT2D eigenvalue weighted by molar-refractivity contribution is 5.74. The molecule has 0 unspecified atom stereocenters. The molecule has 0 saturated carbocycles. The van der Waals surface area contributed by atoms with Crippen LogP contribution in [0.15, 0.2) is 18.2 Å². The van der Waals surface area contributed by atoms with E-state index < -0.39 is 0 Å². The zero-order valence-electron chi connectivity index (χ0n) is 16.1. The molecule has 3 rings (SSSR count). The zero-order valence-corrected chi connectivity index (χ0v) is 16.1. The number of nitrogens with one attached hydrogen (secondary N) is 2. The van der Waals surface area contributed by atoms with E-state index in [4.69, 9.17) is 9.47 Å². The summed E-state index contributed by atoms with van der Waals surface area (Å²) in [4.78, 5) is 18.9. The normalized spacial score (nSPS) is 16.9. The van der Waals surface area contributed by atoms with Crippen LogP contribution in [0, 0.1) is 6.92 Å². The summed E-state index contributed by atoms with van der Waals surface area (Å²) in [6.07, 6.45) is 1.93. The average molecular weight is 373 g/mol. The average Bonchev–Trinajstić information content (AvgIpc) is 3.13. The number of benzene rings is 1. The quantitative estimate of drug-likeness (QED) is 0.812. The Morgan fingerprint density at radius 1 is 1.44 bits per heavy atom. The van der Waals surface area contributed by atoms with Gasteiger partial charge < -0.3 is 19.7 Å². The van der Waals surface area contributed by atoms with Gasteiger partial charge in [0.15, 0.2) is 17.3 Å². The Morgan fingerprint density at radius 2 is 2.30 bits per heavy atom. The van der Waals surface area contributed by atoms with Crippen molar-refractivity contribution in [3.05, 3.63) is 35.4 Å². The van der Waals surface area contributed by atoms with E-state index in [1.165, 1.54) is 0 Å². The predicted molar refractivity (Wildman–Crippen MR) is 101 cm³/mol. The van der Waals surface area contributed by atoms with Crippen molar-refractivity contribution >= 4 is 6.03 Å². The van der Waals surface area contributed by atoms with E-state index in [-0.39, 0.29) is 11.9 Å². The molecule has 1 aromatic heterocycles. The van der Waals surface area contributed by atoms with E-state index >= 15 is 0 Å². The van der Waals surface area contributed by atoms with Gasteiger partial charge in [0, 0.05) is 31.1 Å². The Hall–Kier alpha value is -2.77. The lowest BCUT2D eigenvalue weighted by Gasteiger charge is -2.31. The van der Waals surface area contributed by atoms with Crippen molar-refractivity contribution < 1.29 is 14.3 Å². The molecule has 1 fully saturated rings. The second-order valence-corrected chi connectivity index (χ2v) is 6.60. The molecule has 1 aliphatic heterocycles. The number of hydrogen-bond donors (Lipinski definition) is 2. The second kappa shape index (κ2) is 8.75. The van der Waals surface area contributed by atoms with Crippen LogP contribution in [-0.2, 0) is 6.54 Å². The molecule has 146 valence electrons. The largest absolute Gasteiger partial charge is 0.493 e. The number of amides is 2. The number of carbonyl (C=O) groups excluding carboxylic acids is 1. The van der Waals surface area contributed by atoms with E-state index in [1.807, 2.05) is 36.9 Å². The van der Waals surface area contributed by atoms with Crippen molar-refractivity contribution in [2.75, 3.05) is 26.8 Å². The zero-order chi connectivity index (χ0) is 19.2. The Kier molecular flexibility index (Phi) is 6.16. The van der Waals surface area contributed by atoms with Crippen molar-refractivity contribution in [3.8, 4) is 11.5 Å². The number of nitrogens with zero attached hydrogens (tertiary/aromatic N) is 3. The Labute approximate surface area is 159 Å². The number of ether oxygens (including phenoxy) is 2. The van der Waals surface area contributed by atoms with Crippen LogP contribution >= 0.6 is 0 Å². The van der Waals surface area contributed by atoms with Gasteiger partial charge in [-0.25, -0.2) is 9.78 Å². The number of piperidine rings is 1. The molecule has 1 atom stereocenters. The van der Waals surface area contributed by atoms with Crippen LogP contribution in [0.1, 0.15) is 42.9 Å². The Balaban J connectivity index is 1.62. The third-order valence-electron chi connectivity index (χ3n) is 4.69. The molecule has 0 radical (unpaired) electrons. The first-order chi connectivity index (χ1) is 13.1. The molecular formula is C19H27N5O3. The summed E-state index contributed by atoms with van der Waals surface area (Å²) in [6.45, 7) is 6.08. The number of aryl methyl sites for hydroxylation is 1. The van der Waals surface area contributed by atoms with E-state index in [9.17, 15) is 4.79 Å². The summed E-state index contributed by atoms with van der Waals surface area (Å²) >= 11 is 0. The number of likely N-dealkylation sites (tertiary alicyclic amines) is 1. The molecule has 1 saturated heterocycles. The number of aromatic nitrogens is 3. The minimum Gasteiger partial charge on any atom is -0.493 e. The lowest BCUT2D eigenvalue weighted by molar-refractivity contribution is 0.178. The van der Waals surface area contributed by atoms with Crippen LogP contribution in [0.5, 0.6) is 11.5 Å². The first kappa shape index (κ1) is 19.0. The molecule has 27 heavy (non-hydrogen) atoms. The van der Waals surface area contributed by atoms with Crippen molar-refractivity contribution in [1.29, 1.82) is 0 Å². The van der Waals surface area contributed by atoms with E-state index in [1.54, 1.807) is 7.11 Å². The highest BCUT2D eigenvalue weighted by atomic mass is 16.5. The van der Waals surface area contributed by atoms with Gasteiger partial charge in [-0.3, -0.25) is 5.10 Å². The van der Waals surface area contributed by atoms with Crippen molar-refractivity contribution in [2.45, 2.75) is 39.2 Å². The number of para-hydroxylation sites is 1. The summed E-state index contributed by atoms with van der Waals surface area (Å²) < 4.78 is 11.1. The molecule has 2 aromatic rings. The summed E-state index contributed by atoms with van der Waals surface area (Å²) in [6, 6.07) is 5.59. The fourth-order valence-corrected chi connectivity index (χ4v) is 3.37. The van der Waals surface area contributed by atoms with Gasteiger partial charge in [0.25, 0.3) is 0 Å². The topological polar surface area (TPSA) is 92.4 Å². The Bertz CT molecular complexity index is 776. The molecule has 1 aromatic carbocycles. The third-order valence-corrected chi connectivity index (χ3v) is 4.69. The summed E-state index contributed by atoms with van der Waals surface area (Å²) in [5.74, 6) is 3.10. The van der Waals surface area contributed by atoms with Gasteiger partial charge in [0.1, 0.15) is 5.82 Å². The lowest BCUT2D eigenvalue weighted by Crippen LogP contribution is -2.44. The molecule has 0 aliphatic carbocycles. The number of hydrogen-bond acceptors (Lipinski definition) is 5. The van der Waals surface area contributed by atoms with Gasteiger partial charge in [0.05, 0.1) is 13.7 Å². The molecule has 1 aliphatic rings. The molecule has 2 amide bonds. The van der Waals surface area contributed by atoms with Crippen LogP contribution in [0.2, 0.25) is 0 Å². The van der Waals surface area contributed by atoms with Gasteiger partial charge >= 0.3 is 6.03 Å². The molecular weight excluding hydrogens is 346 g/mol. The van der Waals surface area contributed by atoms with Gasteiger partial charge in [-0.2, -0.15) is 5.10 Å². The van der Waals surface area contributed by atoms with E-state index in [2.05, 4.69) is 20.5 Å². The van der Waals surface area contributed by atoms with Crippen LogP contribution in [-0.4, -0.2) is 52.9 Å².